The van der Waals surface area contributed by atoms with Gasteiger partial charge in [-0.05, 0) is 37.8 Å². The number of nitrogens with two attached hydrogens (primary N) is 1. The van der Waals surface area contributed by atoms with Crippen molar-refractivity contribution >= 4 is 44.8 Å². The van der Waals surface area contributed by atoms with E-state index in [0.717, 1.165) is 58.6 Å². The number of aryl methyl sites for hydroxylation is 1. The molecule has 0 radical (unpaired) electrons. The fraction of sp³-hybridized carbons (Fsp3) is 0.259. The smallest absolute Gasteiger partial charge is 0.259 e. The van der Waals surface area contributed by atoms with E-state index >= 15 is 0 Å². The minimum atomic E-state index is -0.341. The van der Waals surface area contributed by atoms with Crippen LogP contribution in [-0.4, -0.2) is 27.0 Å². The van der Waals surface area contributed by atoms with E-state index in [9.17, 15) is 9.59 Å². The summed E-state index contributed by atoms with van der Waals surface area (Å²) in [5.74, 6) is -0.677. The molecule has 3 heterocycles. The number of benzene rings is 2. The number of rotatable bonds is 3. The second-order valence-corrected chi connectivity index (χ2v) is 9.24. The second kappa shape index (κ2) is 7.46. The fourth-order valence-electron chi connectivity index (χ4n) is 5.60. The molecule has 6 heteroatoms. The van der Waals surface area contributed by atoms with Gasteiger partial charge in [0.2, 0.25) is 0 Å². The highest BCUT2D eigenvalue weighted by Crippen LogP contribution is 2.40. The van der Waals surface area contributed by atoms with Crippen molar-refractivity contribution in [3.05, 3.63) is 72.1 Å². The second-order valence-electron chi connectivity index (χ2n) is 9.24. The minimum absolute atomic E-state index is 0.265. The summed E-state index contributed by atoms with van der Waals surface area (Å²) in [4.78, 5) is 26.2. The predicted octanol–water partition coefficient (Wildman–Crippen LogP) is 4.14. The third-order valence-electron chi connectivity index (χ3n) is 7.24. The fourth-order valence-corrected chi connectivity index (χ4v) is 5.60. The number of nitrogens with one attached hydrogen (secondary N) is 1. The summed E-state index contributed by atoms with van der Waals surface area (Å²) in [5, 5.41) is 4.51. The third-order valence-corrected chi connectivity index (χ3v) is 7.24. The van der Waals surface area contributed by atoms with Crippen LogP contribution in [0.15, 0.2) is 60.9 Å². The number of para-hydroxylation sites is 2. The standard InChI is InChI=1S/C27H26N4O2/c1-30-14-20(18-6-2-4-8-22(18)30)24-25(27(33)29-26(24)32)21-15-31(17-12-10-16(28)11-13-17)23-9-5-3-7-19(21)23/h2-9,14-17H,10-13,28H2,1H3,(H,29,32,33). The average molecular weight is 439 g/mol. The Morgan fingerprint density at radius 2 is 1.33 bits per heavy atom. The van der Waals surface area contributed by atoms with Crippen LogP contribution in [0.2, 0.25) is 0 Å². The molecule has 166 valence electrons. The molecule has 6 nitrogen and oxygen atoms in total. The van der Waals surface area contributed by atoms with Crippen molar-refractivity contribution in [1.82, 2.24) is 14.5 Å². The molecule has 2 aromatic carbocycles. The van der Waals surface area contributed by atoms with Gasteiger partial charge in [-0.3, -0.25) is 14.9 Å². The van der Waals surface area contributed by atoms with Gasteiger partial charge in [0.05, 0.1) is 11.1 Å². The molecule has 2 aromatic heterocycles. The summed E-state index contributed by atoms with van der Waals surface area (Å²) < 4.78 is 4.29. The lowest BCUT2D eigenvalue weighted by molar-refractivity contribution is -0.122. The largest absolute Gasteiger partial charge is 0.350 e. The summed E-state index contributed by atoms with van der Waals surface area (Å²) in [6.07, 6.45) is 8.04. The highest BCUT2D eigenvalue weighted by Gasteiger charge is 2.35. The molecule has 0 atom stereocenters. The number of hydrogen-bond donors (Lipinski definition) is 2. The molecule has 0 spiro atoms. The van der Waals surface area contributed by atoms with Gasteiger partial charge in [0, 0.05) is 64.5 Å². The van der Waals surface area contributed by atoms with E-state index in [1.165, 1.54) is 0 Å². The van der Waals surface area contributed by atoms with Crippen molar-refractivity contribution in [3.8, 4) is 0 Å². The monoisotopic (exact) mass is 438 g/mol. The third kappa shape index (κ3) is 3.05. The van der Waals surface area contributed by atoms with Crippen LogP contribution in [0, 0.1) is 0 Å². The van der Waals surface area contributed by atoms with Crippen LogP contribution < -0.4 is 11.1 Å². The number of amides is 2. The topological polar surface area (TPSA) is 82.0 Å². The molecule has 0 unspecified atom stereocenters. The van der Waals surface area contributed by atoms with Gasteiger partial charge in [-0.25, -0.2) is 0 Å². The normalized spacial score (nSPS) is 21.4. The van der Waals surface area contributed by atoms with Crippen molar-refractivity contribution in [1.29, 1.82) is 0 Å². The zero-order valence-corrected chi connectivity index (χ0v) is 18.5. The Morgan fingerprint density at radius 3 is 2.00 bits per heavy atom. The molecule has 1 aliphatic carbocycles. The Kier molecular flexibility index (Phi) is 4.52. The molecule has 1 fully saturated rings. The summed E-state index contributed by atoms with van der Waals surface area (Å²) in [7, 11) is 1.96. The van der Waals surface area contributed by atoms with E-state index in [-0.39, 0.29) is 17.9 Å². The summed E-state index contributed by atoms with van der Waals surface area (Å²) >= 11 is 0. The number of carbonyl (C=O) groups is 2. The first-order chi connectivity index (χ1) is 16.0. The lowest BCUT2D eigenvalue weighted by Gasteiger charge is -2.28. The summed E-state index contributed by atoms with van der Waals surface area (Å²) in [6, 6.07) is 16.7. The van der Waals surface area contributed by atoms with Crippen molar-refractivity contribution in [2.45, 2.75) is 37.8 Å². The lowest BCUT2D eigenvalue weighted by atomic mass is 9.91. The van der Waals surface area contributed by atoms with Gasteiger partial charge in [0.15, 0.2) is 0 Å². The maximum atomic E-state index is 13.2. The van der Waals surface area contributed by atoms with Crippen LogP contribution in [0.3, 0.4) is 0 Å². The molecular formula is C27H26N4O2. The van der Waals surface area contributed by atoms with Crippen molar-refractivity contribution < 1.29 is 9.59 Å². The first kappa shape index (κ1) is 20.0. The van der Waals surface area contributed by atoms with Crippen molar-refractivity contribution in [3.63, 3.8) is 0 Å². The maximum absolute atomic E-state index is 13.2. The Hall–Kier alpha value is -3.64. The molecule has 1 aliphatic heterocycles. The SMILES string of the molecule is Cn1cc(C2=C(c3cn(C4CCC(N)CC4)c4ccccc34)C(=O)NC2=O)c2ccccc21. The highest BCUT2D eigenvalue weighted by atomic mass is 16.2. The molecule has 4 aromatic rings. The van der Waals surface area contributed by atoms with Gasteiger partial charge in [0.1, 0.15) is 0 Å². The minimum Gasteiger partial charge on any atom is -0.350 e. The molecule has 0 bridgehead atoms. The maximum Gasteiger partial charge on any atom is 0.259 e. The van der Waals surface area contributed by atoms with Gasteiger partial charge in [-0.2, -0.15) is 0 Å². The van der Waals surface area contributed by atoms with E-state index in [4.69, 9.17) is 5.73 Å². The number of nitrogens with zero attached hydrogens (tertiary/aromatic N) is 2. The number of imide groups is 1. The van der Waals surface area contributed by atoms with Crippen molar-refractivity contribution in [2.24, 2.45) is 12.8 Å². The van der Waals surface area contributed by atoms with Gasteiger partial charge in [-0.15, -0.1) is 0 Å². The molecule has 6 rings (SSSR count). The molecule has 0 saturated heterocycles. The quantitative estimate of drug-likeness (QED) is 0.472. The molecule has 3 N–H and O–H groups in total. The van der Waals surface area contributed by atoms with Gasteiger partial charge >= 0.3 is 0 Å². The zero-order chi connectivity index (χ0) is 22.7. The van der Waals surface area contributed by atoms with E-state index < -0.39 is 0 Å². The van der Waals surface area contributed by atoms with Crippen LogP contribution >= 0.6 is 0 Å². The first-order valence-electron chi connectivity index (χ1n) is 11.5. The first-order valence-corrected chi connectivity index (χ1v) is 11.5. The molecule has 2 amide bonds. The van der Waals surface area contributed by atoms with E-state index in [0.29, 0.717) is 17.2 Å². The lowest BCUT2D eigenvalue weighted by Crippen LogP contribution is -2.27. The molecule has 1 saturated carbocycles. The Balaban J connectivity index is 1.60. The Labute approximate surface area is 191 Å². The van der Waals surface area contributed by atoms with Crippen LogP contribution in [0.5, 0.6) is 0 Å². The Bertz CT molecular complexity index is 1460. The molecular weight excluding hydrogens is 412 g/mol. The Morgan fingerprint density at radius 1 is 0.788 bits per heavy atom. The van der Waals surface area contributed by atoms with Gasteiger partial charge in [-0.1, -0.05) is 36.4 Å². The van der Waals surface area contributed by atoms with E-state index in [1.54, 1.807) is 0 Å². The number of carbonyl (C=O) groups excluding carboxylic acids is 2. The number of hydrogen-bond acceptors (Lipinski definition) is 3. The van der Waals surface area contributed by atoms with E-state index in [2.05, 4.69) is 22.1 Å². The number of aromatic nitrogens is 2. The number of fused-ring (bicyclic) bond motifs is 2. The molecule has 2 aliphatic rings. The highest BCUT2D eigenvalue weighted by molar-refractivity contribution is 6.50. The van der Waals surface area contributed by atoms with E-state index in [1.807, 2.05) is 60.3 Å². The van der Waals surface area contributed by atoms with Crippen LogP contribution in [0.25, 0.3) is 33.0 Å². The summed E-state index contributed by atoms with van der Waals surface area (Å²) in [5.41, 5.74) is 10.8. The van der Waals surface area contributed by atoms with Crippen molar-refractivity contribution in [2.75, 3.05) is 0 Å². The van der Waals surface area contributed by atoms with Gasteiger partial charge in [0.25, 0.3) is 11.8 Å². The van der Waals surface area contributed by atoms with Crippen LogP contribution in [0.4, 0.5) is 0 Å². The van der Waals surface area contributed by atoms with Crippen LogP contribution in [0.1, 0.15) is 42.9 Å². The summed E-state index contributed by atoms with van der Waals surface area (Å²) in [6.45, 7) is 0. The average Bonchev–Trinajstić information content (AvgIpc) is 3.45. The zero-order valence-electron chi connectivity index (χ0n) is 18.5. The predicted molar refractivity (Wildman–Crippen MR) is 130 cm³/mol. The van der Waals surface area contributed by atoms with Gasteiger partial charge < -0.3 is 14.9 Å². The molecule has 33 heavy (non-hydrogen) atoms. The van der Waals surface area contributed by atoms with Crippen LogP contribution in [-0.2, 0) is 16.6 Å².